The van der Waals surface area contributed by atoms with Crippen molar-refractivity contribution in [2.24, 2.45) is 0 Å². The fraction of sp³-hybridized carbons (Fsp3) is 0.250. The maximum absolute atomic E-state index is 12.2. The van der Waals surface area contributed by atoms with Gasteiger partial charge in [0, 0.05) is 12.3 Å². The zero-order valence-electron chi connectivity index (χ0n) is 8.60. The van der Waals surface area contributed by atoms with Gasteiger partial charge in [-0.05, 0) is 12.1 Å². The molecule has 0 unspecified atom stereocenters. The van der Waals surface area contributed by atoms with Crippen LogP contribution in [0.25, 0.3) is 11.0 Å². The van der Waals surface area contributed by atoms with Crippen molar-refractivity contribution in [2.45, 2.75) is 5.37 Å². The Morgan fingerprint density at radius 3 is 3.06 bits per heavy atom. The molecule has 3 nitrogen and oxygen atoms in total. The Morgan fingerprint density at radius 2 is 2.25 bits per heavy atom. The van der Waals surface area contributed by atoms with E-state index in [9.17, 15) is 4.79 Å². The Morgan fingerprint density at radius 1 is 1.38 bits per heavy atom. The Kier molecular flexibility index (Phi) is 2.46. The molecule has 1 atom stereocenters. The number of thioether (sulfide) groups is 1. The zero-order valence-corrected chi connectivity index (χ0v) is 9.42. The molecule has 4 heteroatoms. The van der Waals surface area contributed by atoms with Gasteiger partial charge in [-0.3, -0.25) is 4.79 Å². The molecule has 0 aliphatic carbocycles. The van der Waals surface area contributed by atoms with E-state index < -0.39 is 0 Å². The van der Waals surface area contributed by atoms with Crippen LogP contribution in [0.3, 0.4) is 0 Å². The number of fused-ring (bicyclic) bond motifs is 1. The van der Waals surface area contributed by atoms with Crippen LogP contribution in [-0.4, -0.2) is 12.3 Å². The van der Waals surface area contributed by atoms with Gasteiger partial charge < -0.3 is 9.73 Å². The van der Waals surface area contributed by atoms with Gasteiger partial charge in [0.25, 0.3) is 0 Å². The average molecular weight is 233 g/mol. The first kappa shape index (κ1) is 9.93. The van der Waals surface area contributed by atoms with Crippen molar-refractivity contribution in [3.05, 3.63) is 46.3 Å². The molecule has 1 aromatic carbocycles. The normalized spacial score (nSPS) is 20.4. The van der Waals surface area contributed by atoms with Crippen LogP contribution in [-0.2, 0) is 0 Å². The van der Waals surface area contributed by atoms with Gasteiger partial charge in [0.1, 0.15) is 11.8 Å². The molecule has 82 valence electrons. The van der Waals surface area contributed by atoms with Crippen LogP contribution in [0, 0.1) is 0 Å². The van der Waals surface area contributed by atoms with Gasteiger partial charge in [-0.2, -0.15) is 0 Å². The fourth-order valence-electron chi connectivity index (χ4n) is 1.90. The Balaban J connectivity index is 2.19. The lowest BCUT2D eigenvalue weighted by molar-refractivity contribution is 0.584. The standard InChI is InChI=1S/C12H11NO2S/c14-11-8-3-1-2-4-10(8)15-7-9(11)12-13-5-6-16-12/h1-4,7,12-13H,5-6H2/t12-/m0/s1. The Bertz CT molecular complexity index is 572. The number of nitrogens with one attached hydrogen (secondary N) is 1. The maximum Gasteiger partial charge on any atom is 0.198 e. The minimum Gasteiger partial charge on any atom is -0.464 e. The van der Waals surface area contributed by atoms with Crippen molar-refractivity contribution < 1.29 is 4.42 Å². The van der Waals surface area contributed by atoms with E-state index in [0.29, 0.717) is 11.0 Å². The van der Waals surface area contributed by atoms with Gasteiger partial charge >= 0.3 is 0 Å². The summed E-state index contributed by atoms with van der Waals surface area (Å²) in [7, 11) is 0. The van der Waals surface area contributed by atoms with Crippen molar-refractivity contribution in [3.63, 3.8) is 0 Å². The van der Waals surface area contributed by atoms with Gasteiger partial charge in [-0.25, -0.2) is 0 Å². The third-order valence-electron chi connectivity index (χ3n) is 2.71. The van der Waals surface area contributed by atoms with Crippen LogP contribution in [0.5, 0.6) is 0 Å². The molecular formula is C12H11NO2S. The number of para-hydroxylation sites is 1. The third-order valence-corrected chi connectivity index (χ3v) is 3.90. The van der Waals surface area contributed by atoms with Crippen LogP contribution in [0.2, 0.25) is 0 Å². The number of hydrogen-bond acceptors (Lipinski definition) is 4. The lowest BCUT2D eigenvalue weighted by atomic mass is 10.2. The van der Waals surface area contributed by atoms with Crippen LogP contribution in [0.4, 0.5) is 0 Å². The summed E-state index contributed by atoms with van der Waals surface area (Å²) in [5.41, 5.74) is 1.45. The van der Waals surface area contributed by atoms with Gasteiger partial charge in [-0.15, -0.1) is 11.8 Å². The predicted octanol–water partition coefficient (Wildman–Crippen LogP) is 2.13. The van der Waals surface area contributed by atoms with Crippen molar-refractivity contribution in [2.75, 3.05) is 12.3 Å². The molecule has 16 heavy (non-hydrogen) atoms. The molecule has 2 aromatic rings. The summed E-state index contributed by atoms with van der Waals surface area (Å²) in [6.45, 7) is 0.946. The second-order valence-electron chi connectivity index (χ2n) is 3.72. The van der Waals surface area contributed by atoms with Crippen LogP contribution < -0.4 is 10.7 Å². The van der Waals surface area contributed by atoms with Gasteiger partial charge in [0.2, 0.25) is 0 Å². The molecule has 2 heterocycles. The minimum atomic E-state index is 0.0775. The van der Waals surface area contributed by atoms with Crippen LogP contribution in [0.15, 0.2) is 39.7 Å². The second-order valence-corrected chi connectivity index (χ2v) is 4.93. The summed E-state index contributed by atoms with van der Waals surface area (Å²) < 4.78 is 5.48. The molecule has 0 radical (unpaired) electrons. The summed E-state index contributed by atoms with van der Waals surface area (Å²) in [5, 5.41) is 4.03. The second kappa shape index (κ2) is 3.96. The van der Waals surface area contributed by atoms with Gasteiger partial charge in [-0.1, -0.05) is 12.1 Å². The lowest BCUT2D eigenvalue weighted by Gasteiger charge is -2.08. The maximum atomic E-state index is 12.2. The molecule has 1 aliphatic heterocycles. The highest BCUT2D eigenvalue weighted by Gasteiger charge is 2.21. The molecule has 3 rings (SSSR count). The average Bonchev–Trinajstić information content (AvgIpc) is 2.83. The first-order chi connectivity index (χ1) is 7.86. The third kappa shape index (κ3) is 1.54. The SMILES string of the molecule is O=c1c([C@H]2NCCS2)coc2ccccc12. The van der Waals surface area contributed by atoms with Crippen molar-refractivity contribution >= 4 is 22.7 Å². The van der Waals surface area contributed by atoms with E-state index in [4.69, 9.17) is 4.42 Å². The number of rotatable bonds is 1. The monoisotopic (exact) mass is 233 g/mol. The summed E-state index contributed by atoms with van der Waals surface area (Å²) in [6.07, 6.45) is 1.58. The molecule has 1 fully saturated rings. The largest absolute Gasteiger partial charge is 0.464 e. The molecule has 0 amide bonds. The summed E-state index contributed by atoms with van der Waals surface area (Å²) in [6, 6.07) is 7.35. The predicted molar refractivity (Wildman–Crippen MR) is 65.7 cm³/mol. The molecule has 0 saturated carbocycles. The molecule has 1 saturated heterocycles. The number of benzene rings is 1. The van der Waals surface area contributed by atoms with E-state index in [1.54, 1.807) is 18.0 Å². The number of hydrogen-bond donors (Lipinski definition) is 1. The summed E-state index contributed by atoms with van der Waals surface area (Å²) >= 11 is 1.75. The van der Waals surface area contributed by atoms with E-state index >= 15 is 0 Å². The van der Waals surface area contributed by atoms with Gasteiger partial charge in [0.15, 0.2) is 5.43 Å². The molecule has 1 aliphatic rings. The molecule has 0 spiro atoms. The summed E-state index contributed by atoms with van der Waals surface area (Å²) in [5.74, 6) is 1.04. The first-order valence-corrected chi connectivity index (χ1v) is 6.26. The first-order valence-electron chi connectivity index (χ1n) is 5.22. The van der Waals surface area contributed by atoms with Crippen LogP contribution >= 0.6 is 11.8 Å². The van der Waals surface area contributed by atoms with E-state index in [1.165, 1.54) is 0 Å². The van der Waals surface area contributed by atoms with E-state index in [1.807, 2.05) is 24.3 Å². The highest BCUT2D eigenvalue weighted by atomic mass is 32.2. The molecular weight excluding hydrogens is 222 g/mol. The highest BCUT2D eigenvalue weighted by Crippen LogP contribution is 2.28. The Hall–Kier alpha value is -1.26. The van der Waals surface area contributed by atoms with E-state index in [-0.39, 0.29) is 10.8 Å². The summed E-state index contributed by atoms with van der Waals surface area (Å²) in [4.78, 5) is 12.2. The quantitative estimate of drug-likeness (QED) is 0.819. The smallest absolute Gasteiger partial charge is 0.198 e. The van der Waals surface area contributed by atoms with Crippen molar-refractivity contribution in [3.8, 4) is 0 Å². The highest BCUT2D eigenvalue weighted by molar-refractivity contribution is 7.99. The van der Waals surface area contributed by atoms with E-state index in [0.717, 1.165) is 17.9 Å². The molecule has 1 aromatic heterocycles. The van der Waals surface area contributed by atoms with Gasteiger partial charge in [0.05, 0.1) is 16.3 Å². The molecule has 1 N–H and O–H groups in total. The Labute approximate surface area is 96.8 Å². The van der Waals surface area contributed by atoms with Crippen LogP contribution in [0.1, 0.15) is 10.9 Å². The topological polar surface area (TPSA) is 42.2 Å². The molecule has 0 bridgehead atoms. The fourth-order valence-corrected chi connectivity index (χ4v) is 2.95. The minimum absolute atomic E-state index is 0.0775. The van der Waals surface area contributed by atoms with Crippen molar-refractivity contribution in [1.82, 2.24) is 5.32 Å². The van der Waals surface area contributed by atoms with Crippen molar-refractivity contribution in [1.29, 1.82) is 0 Å². The van der Waals surface area contributed by atoms with E-state index in [2.05, 4.69) is 5.32 Å². The zero-order chi connectivity index (χ0) is 11.0. The lowest BCUT2D eigenvalue weighted by Crippen LogP contribution is -2.19.